The van der Waals surface area contributed by atoms with Crippen LogP contribution in [0.1, 0.15) is 199 Å². The van der Waals surface area contributed by atoms with Gasteiger partial charge in [-0.1, -0.05) is 72.8 Å². The lowest BCUT2D eigenvalue weighted by Gasteiger charge is -2.57. The summed E-state index contributed by atoms with van der Waals surface area (Å²) in [5, 5.41) is 6.61. The first-order chi connectivity index (χ1) is 54.8. The van der Waals surface area contributed by atoms with E-state index in [1.54, 1.807) is 0 Å². The van der Waals surface area contributed by atoms with Crippen molar-refractivity contribution in [1.29, 1.82) is 0 Å². The van der Waals surface area contributed by atoms with Crippen LogP contribution in [0.25, 0.3) is 32.3 Å². The zero-order chi connectivity index (χ0) is 74.1. The van der Waals surface area contributed by atoms with Gasteiger partial charge in [0.1, 0.15) is 0 Å². The molecular formula is C100H102N12. The summed E-state index contributed by atoms with van der Waals surface area (Å²) in [6.07, 6.45) is 47.5. The highest BCUT2D eigenvalue weighted by Crippen LogP contribution is 2.66. The van der Waals surface area contributed by atoms with Crippen LogP contribution in [0, 0.1) is 98.7 Å². The van der Waals surface area contributed by atoms with Crippen molar-refractivity contribution in [1.82, 2.24) is 39.9 Å². The molecule has 4 aromatic heterocycles. The molecule has 0 unspecified atom stereocenters. The summed E-state index contributed by atoms with van der Waals surface area (Å²) in [6, 6.07) is 54.1. The Hall–Kier alpha value is -9.68. The predicted molar refractivity (Wildman–Crippen MR) is 450 cm³/mol. The van der Waals surface area contributed by atoms with E-state index in [1.807, 2.05) is 49.6 Å². The van der Waals surface area contributed by atoms with E-state index in [4.69, 9.17) is 39.9 Å². The van der Waals surface area contributed by atoms with E-state index in [0.717, 1.165) is 195 Å². The molecule has 16 bridgehead atoms. The highest BCUT2D eigenvalue weighted by Gasteiger charge is 2.56. The fourth-order valence-corrected chi connectivity index (χ4v) is 29.4. The van der Waals surface area contributed by atoms with Gasteiger partial charge in [-0.25, -0.2) is 19.9 Å². The molecule has 16 fully saturated rings. The molecule has 0 radical (unpaired) electrons. The normalized spacial score (nSPS) is 31.2. The van der Waals surface area contributed by atoms with Crippen molar-refractivity contribution in [3.05, 3.63) is 228 Å². The zero-order valence-electron chi connectivity index (χ0n) is 65.6. The number of aromatic nitrogens is 8. The Morgan fingerprint density at radius 1 is 0.223 bits per heavy atom. The van der Waals surface area contributed by atoms with E-state index in [1.165, 1.54) is 176 Å². The number of aryl methyl sites for hydroxylation is 4. The van der Waals surface area contributed by atoms with E-state index < -0.39 is 0 Å². The van der Waals surface area contributed by atoms with E-state index in [0.29, 0.717) is 0 Å². The average molecular weight is 1470 g/mol. The third-order valence-electron chi connectivity index (χ3n) is 32.1. The molecular weight excluding hydrogens is 1370 g/mol. The second-order valence-electron chi connectivity index (χ2n) is 39.1. The highest BCUT2D eigenvalue weighted by molar-refractivity contribution is 6.33. The molecule has 12 aromatic rings. The summed E-state index contributed by atoms with van der Waals surface area (Å²) < 4.78 is 0. The summed E-state index contributed by atoms with van der Waals surface area (Å²) in [6.45, 7) is 8.53. The second-order valence-corrected chi connectivity index (χ2v) is 39.1. The molecule has 0 N–H and O–H groups in total. The molecule has 0 atom stereocenters. The van der Waals surface area contributed by atoms with Crippen molar-refractivity contribution in [3.8, 4) is 0 Å². The quantitative estimate of drug-likeness (QED) is 0.0858. The van der Waals surface area contributed by atoms with Crippen LogP contribution < -0.4 is 19.6 Å². The summed E-state index contributed by atoms with van der Waals surface area (Å²) in [7, 11) is 0. The summed E-state index contributed by atoms with van der Waals surface area (Å²) >= 11 is 0. The lowest BCUT2D eigenvalue weighted by molar-refractivity contribution is -0.00530. The minimum absolute atomic E-state index is 0.221. The lowest BCUT2D eigenvalue weighted by atomic mass is 9.48. The fraction of sp³-hybridized carbons (Fsp3) is 0.440. The number of nitrogens with zero attached hydrogens (tertiary/aromatic N) is 12. The molecule has 112 heavy (non-hydrogen) atoms. The van der Waals surface area contributed by atoms with Crippen molar-refractivity contribution in [3.63, 3.8) is 0 Å². The molecule has 12 heteroatoms. The van der Waals surface area contributed by atoms with Crippen molar-refractivity contribution >= 4 is 101 Å². The molecule has 0 amide bonds. The maximum Gasteiger partial charge on any atom is 0.159 e. The number of anilines is 12. The van der Waals surface area contributed by atoms with Gasteiger partial charge < -0.3 is 0 Å². The van der Waals surface area contributed by atoms with Gasteiger partial charge >= 0.3 is 0 Å². The molecule has 16 aliphatic rings. The van der Waals surface area contributed by atoms with Gasteiger partial charge in [0, 0.05) is 105 Å². The van der Waals surface area contributed by atoms with E-state index in [-0.39, 0.29) is 21.7 Å². The Balaban J connectivity index is 0.782. The Labute approximate surface area is 659 Å². The minimum Gasteiger partial charge on any atom is -0.293 e. The van der Waals surface area contributed by atoms with E-state index in [2.05, 4.69) is 181 Å². The molecule has 28 rings (SSSR count). The van der Waals surface area contributed by atoms with E-state index in [9.17, 15) is 0 Å². The fourth-order valence-electron chi connectivity index (χ4n) is 29.4. The van der Waals surface area contributed by atoms with Gasteiger partial charge in [0.2, 0.25) is 0 Å². The van der Waals surface area contributed by atoms with E-state index >= 15 is 0 Å². The van der Waals surface area contributed by atoms with Gasteiger partial charge in [0.15, 0.2) is 23.3 Å². The van der Waals surface area contributed by atoms with Crippen LogP contribution in [0.4, 0.5) is 68.8 Å². The van der Waals surface area contributed by atoms with Gasteiger partial charge in [0.05, 0.1) is 45.5 Å². The smallest absolute Gasteiger partial charge is 0.159 e. The molecule has 562 valence electrons. The predicted octanol–water partition coefficient (Wildman–Crippen LogP) is 24.7. The maximum absolute atomic E-state index is 5.44. The first-order valence-corrected chi connectivity index (χ1v) is 43.3. The average Bonchev–Trinajstić information content (AvgIpc) is 0.689. The Morgan fingerprint density at radius 3 is 0.562 bits per heavy atom. The summed E-state index contributed by atoms with van der Waals surface area (Å²) in [5.74, 6) is 13.1. The first kappa shape index (κ1) is 66.9. The second kappa shape index (κ2) is 24.9. The third kappa shape index (κ3) is 10.4. The molecule has 8 aromatic carbocycles. The van der Waals surface area contributed by atoms with Crippen molar-refractivity contribution in [2.75, 3.05) is 19.6 Å². The Bertz CT molecular complexity index is 4890. The lowest BCUT2D eigenvalue weighted by Crippen LogP contribution is -2.48. The van der Waals surface area contributed by atoms with Gasteiger partial charge in [-0.2, -0.15) is 0 Å². The molecule has 16 aliphatic carbocycles. The highest BCUT2D eigenvalue weighted by atomic mass is 15.3. The third-order valence-corrected chi connectivity index (χ3v) is 32.1. The van der Waals surface area contributed by atoms with Crippen molar-refractivity contribution in [2.45, 2.75) is 203 Å². The summed E-state index contributed by atoms with van der Waals surface area (Å²) in [4.78, 5) is 52.0. The van der Waals surface area contributed by atoms with Gasteiger partial charge in [-0.15, -0.1) is 0 Å². The molecule has 16 saturated carbocycles. The minimum atomic E-state index is 0.221. The monoisotopic (exact) mass is 1470 g/mol. The number of benzene rings is 8. The standard InChI is InChI=1S/C100H102N12/c1-59-93(105-29-25-101-59)109(79-13-5-75(6-14-79)97-47-63-33-64(48-97)35-65(34-63)49-97)87-45-88(110(94-60(2)102-26-30-106-94)80-15-7-76(8-16-80)98-50-66-36-67(51-98)38-68(37-66)52-98)84-23-24-86-90(112(96-62(4)104-28-32-108-96)82-19-11-78(12-20-82)100-56-72-42-73(57-100)44-74(43-72)58-100)46-89(85-22-21-83(87)91(84)92(85)86)111(95-61(3)103-27-31-107-95)81-17-9-77(10-18-81)99-53-69-39-70(54-99)41-71(40-69)55-99/h5-32,45-46,63-74H,33-44,47-58H2,1-4H3. The first-order valence-electron chi connectivity index (χ1n) is 43.3. The van der Waals surface area contributed by atoms with Crippen molar-refractivity contribution < 1.29 is 0 Å². The largest absolute Gasteiger partial charge is 0.293 e. The molecule has 4 heterocycles. The van der Waals surface area contributed by atoms with Crippen LogP contribution in [0.2, 0.25) is 0 Å². The zero-order valence-corrected chi connectivity index (χ0v) is 65.6. The molecule has 12 nitrogen and oxygen atoms in total. The van der Waals surface area contributed by atoms with Gasteiger partial charge in [-0.3, -0.25) is 39.5 Å². The molecule has 0 saturated heterocycles. The molecule has 0 spiro atoms. The van der Waals surface area contributed by atoms with Gasteiger partial charge in [0.25, 0.3) is 0 Å². The Morgan fingerprint density at radius 2 is 0.393 bits per heavy atom. The number of hydrogen-bond donors (Lipinski definition) is 0. The number of rotatable bonds is 16. The molecule has 0 aliphatic heterocycles. The van der Waals surface area contributed by atoms with Crippen LogP contribution in [0.5, 0.6) is 0 Å². The topological polar surface area (TPSA) is 116 Å². The maximum atomic E-state index is 5.44. The van der Waals surface area contributed by atoms with Crippen LogP contribution in [0.3, 0.4) is 0 Å². The Kier molecular flexibility index (Phi) is 14.9. The van der Waals surface area contributed by atoms with Gasteiger partial charge in [-0.05, 0) is 357 Å². The SMILES string of the molecule is Cc1nccnc1N(c1ccc(C23CC4CC(CC(C4)C2)C3)cc1)c1cc(N(c2ccc(C34CC5CC(CC(C5)C3)C4)cc2)c2nccnc2C)c2ccc3c(N(c4ccc(C56CC7CC(CC(C7)C5)C6)cc4)c4nccnc4C)cc(N(c4ccc(C56CC7CC(CC(C7)C5)C6)cc4)c4nccnc4C)c4ccc1c2c43. The van der Waals surface area contributed by atoms with Crippen LogP contribution in [-0.4, -0.2) is 39.9 Å². The van der Waals surface area contributed by atoms with Crippen LogP contribution in [0.15, 0.2) is 183 Å². The number of hydrogen-bond acceptors (Lipinski definition) is 12. The van der Waals surface area contributed by atoms with Crippen molar-refractivity contribution in [2.24, 2.45) is 71.0 Å². The summed E-state index contributed by atoms with van der Waals surface area (Å²) in [5.41, 5.74) is 18.4. The van der Waals surface area contributed by atoms with Crippen LogP contribution >= 0.6 is 0 Å². The van der Waals surface area contributed by atoms with Crippen LogP contribution in [-0.2, 0) is 21.7 Å².